The van der Waals surface area contributed by atoms with Gasteiger partial charge in [0.15, 0.2) is 6.61 Å². The lowest BCUT2D eigenvalue weighted by atomic mass is 9.75. The molecule has 1 aliphatic heterocycles. The predicted octanol–water partition coefficient (Wildman–Crippen LogP) is 4.00. The van der Waals surface area contributed by atoms with Gasteiger partial charge in [-0.3, -0.25) is 4.79 Å². The number of rotatable bonds is 6. The molecule has 0 spiro atoms. The highest BCUT2D eigenvalue weighted by molar-refractivity contribution is 5.99. The van der Waals surface area contributed by atoms with Gasteiger partial charge < -0.3 is 14.2 Å². The van der Waals surface area contributed by atoms with E-state index >= 15 is 0 Å². The summed E-state index contributed by atoms with van der Waals surface area (Å²) < 4.78 is 7.39. The maximum atomic E-state index is 12.6. The Morgan fingerprint density at radius 3 is 2.67 bits per heavy atom. The van der Waals surface area contributed by atoms with Gasteiger partial charge in [0.2, 0.25) is 0 Å². The zero-order chi connectivity index (χ0) is 21.7. The Hall–Kier alpha value is -2.55. The number of aryl methyl sites for hydroxylation is 1. The van der Waals surface area contributed by atoms with Crippen molar-refractivity contribution < 1.29 is 14.3 Å². The smallest absolute Gasteiger partial charge is 0.349 e. The molecule has 2 aliphatic rings. The zero-order valence-electron chi connectivity index (χ0n) is 18.4. The minimum atomic E-state index is -0.737. The third kappa shape index (κ3) is 4.95. The molecule has 2 fully saturated rings. The highest BCUT2D eigenvalue weighted by Crippen LogP contribution is 2.36. The average molecular weight is 412 g/mol. The maximum absolute atomic E-state index is 12.6. The van der Waals surface area contributed by atoms with E-state index < -0.39 is 5.97 Å². The van der Waals surface area contributed by atoms with Gasteiger partial charge in [-0.1, -0.05) is 26.2 Å². The number of carbonyl (C=O) groups is 2. The summed E-state index contributed by atoms with van der Waals surface area (Å²) in [5.41, 5.74) is 2.86. The Bertz CT molecular complexity index is 862. The molecule has 0 bridgehead atoms. The number of aromatic nitrogens is 1. The van der Waals surface area contributed by atoms with Crippen LogP contribution in [0, 0.1) is 37.0 Å². The Kier molecular flexibility index (Phi) is 7.36. The van der Waals surface area contributed by atoms with E-state index in [1.165, 1.54) is 25.7 Å². The Morgan fingerprint density at radius 2 is 1.97 bits per heavy atom. The second-order valence-corrected chi connectivity index (χ2v) is 8.66. The van der Waals surface area contributed by atoms with Gasteiger partial charge in [0.1, 0.15) is 11.6 Å². The van der Waals surface area contributed by atoms with Crippen molar-refractivity contribution in [2.75, 3.05) is 19.7 Å². The van der Waals surface area contributed by atoms with Gasteiger partial charge in [0.25, 0.3) is 5.91 Å². The van der Waals surface area contributed by atoms with E-state index in [0.29, 0.717) is 5.92 Å². The van der Waals surface area contributed by atoms with Crippen molar-refractivity contribution in [1.29, 1.82) is 5.26 Å². The molecule has 0 N–H and O–H groups in total. The first kappa shape index (κ1) is 22.1. The zero-order valence-corrected chi connectivity index (χ0v) is 18.4. The lowest BCUT2D eigenvalue weighted by Gasteiger charge is -2.41. The first-order chi connectivity index (χ1) is 14.4. The molecule has 0 aromatic carbocycles. The van der Waals surface area contributed by atoms with Crippen LogP contribution >= 0.6 is 0 Å². The van der Waals surface area contributed by atoms with Crippen molar-refractivity contribution in [2.24, 2.45) is 11.8 Å². The minimum absolute atomic E-state index is 0.0782. The molecule has 1 amide bonds. The molecule has 0 radical (unpaired) electrons. The van der Waals surface area contributed by atoms with E-state index in [9.17, 15) is 14.9 Å². The molecule has 2 atom stereocenters. The van der Waals surface area contributed by atoms with Gasteiger partial charge in [-0.25, -0.2) is 4.79 Å². The van der Waals surface area contributed by atoms with E-state index in [1.807, 2.05) is 30.9 Å². The van der Waals surface area contributed by atoms with Crippen molar-refractivity contribution in [3.8, 4) is 6.07 Å². The summed E-state index contributed by atoms with van der Waals surface area (Å²) in [4.78, 5) is 26.8. The minimum Gasteiger partial charge on any atom is -0.451 e. The molecule has 1 saturated heterocycles. The third-order valence-electron chi connectivity index (χ3n) is 6.67. The summed E-state index contributed by atoms with van der Waals surface area (Å²) in [6.45, 7) is 8.20. The van der Waals surface area contributed by atoms with Crippen LogP contribution in [0.2, 0.25) is 0 Å². The normalized spacial score (nSPS) is 21.7. The first-order valence-electron chi connectivity index (χ1n) is 11.2. The first-order valence-corrected chi connectivity index (χ1v) is 11.2. The molecule has 30 heavy (non-hydrogen) atoms. The lowest BCUT2D eigenvalue weighted by Crippen LogP contribution is -2.46. The Balaban J connectivity index is 1.59. The molecule has 2 heterocycles. The number of fused-ring (bicyclic) bond motifs is 1. The number of piperidine rings is 1. The van der Waals surface area contributed by atoms with E-state index in [0.717, 1.165) is 55.3 Å². The second-order valence-electron chi connectivity index (χ2n) is 8.66. The maximum Gasteiger partial charge on any atom is 0.349 e. The second kappa shape index (κ2) is 9.97. The van der Waals surface area contributed by atoms with Crippen LogP contribution < -0.4 is 0 Å². The summed E-state index contributed by atoms with van der Waals surface area (Å²) in [7, 11) is 0. The molecule has 1 aromatic heterocycles. The number of amides is 1. The van der Waals surface area contributed by atoms with Gasteiger partial charge in [-0.15, -0.1) is 0 Å². The fourth-order valence-electron chi connectivity index (χ4n) is 4.96. The number of ether oxygens (including phenoxy) is 1. The van der Waals surface area contributed by atoms with Crippen molar-refractivity contribution in [2.45, 2.75) is 65.8 Å². The van der Waals surface area contributed by atoms with Crippen LogP contribution in [0.1, 0.15) is 62.4 Å². The number of hydrogen-bond acceptors (Lipinski definition) is 4. The molecule has 6 heteroatoms. The molecule has 1 aromatic rings. The molecular weight excluding hydrogens is 378 g/mol. The van der Waals surface area contributed by atoms with Gasteiger partial charge in [0.05, 0.1) is 0 Å². The van der Waals surface area contributed by atoms with E-state index in [4.69, 9.17) is 4.74 Å². The van der Waals surface area contributed by atoms with Crippen LogP contribution in [0.3, 0.4) is 0 Å². The molecule has 0 unspecified atom stereocenters. The highest BCUT2D eigenvalue weighted by atomic mass is 16.5. The van der Waals surface area contributed by atoms with Gasteiger partial charge in [-0.05, 0) is 62.7 Å². The van der Waals surface area contributed by atoms with Crippen LogP contribution in [0.5, 0.6) is 0 Å². The molecule has 3 rings (SSSR count). The standard InChI is InChI=1S/C24H33N3O3/c1-4-10-27-17(2)12-21(18(27)3)13-22(14-25)24(29)30-16-23(28)26-11-9-19-7-5-6-8-20(19)15-26/h12-13,19-20H,4-11,15-16H2,1-3H3/b22-13+/t19-,20+/m1/s1. The van der Waals surface area contributed by atoms with Crippen LogP contribution in [0.25, 0.3) is 6.08 Å². The fourth-order valence-corrected chi connectivity index (χ4v) is 4.96. The molecule has 6 nitrogen and oxygen atoms in total. The fraction of sp³-hybridized carbons (Fsp3) is 0.625. The molecule has 162 valence electrons. The summed E-state index contributed by atoms with van der Waals surface area (Å²) in [6, 6.07) is 3.90. The predicted molar refractivity (Wildman–Crippen MR) is 115 cm³/mol. The topological polar surface area (TPSA) is 75.3 Å². The SMILES string of the molecule is CCCn1c(C)cc(/C=C(\C#N)C(=O)OCC(=O)N2CC[C@H]3CCCC[C@H]3C2)c1C. The number of nitriles is 1. The van der Waals surface area contributed by atoms with Gasteiger partial charge >= 0.3 is 5.97 Å². The largest absolute Gasteiger partial charge is 0.451 e. The molecule has 1 saturated carbocycles. The Labute approximate surface area is 179 Å². The monoisotopic (exact) mass is 411 g/mol. The number of hydrogen-bond donors (Lipinski definition) is 0. The van der Waals surface area contributed by atoms with E-state index in [-0.39, 0.29) is 18.1 Å². The van der Waals surface area contributed by atoms with Crippen molar-refractivity contribution in [3.05, 3.63) is 28.6 Å². The third-order valence-corrected chi connectivity index (χ3v) is 6.67. The Morgan fingerprint density at radius 1 is 1.23 bits per heavy atom. The number of nitrogens with zero attached hydrogens (tertiary/aromatic N) is 3. The van der Waals surface area contributed by atoms with Crippen LogP contribution in [-0.2, 0) is 20.9 Å². The number of esters is 1. The molecular formula is C24H33N3O3. The summed E-state index contributed by atoms with van der Waals surface area (Å²) >= 11 is 0. The highest BCUT2D eigenvalue weighted by Gasteiger charge is 2.33. The summed E-state index contributed by atoms with van der Waals surface area (Å²) in [5, 5.41) is 9.45. The van der Waals surface area contributed by atoms with Crippen molar-refractivity contribution >= 4 is 18.0 Å². The lowest BCUT2D eigenvalue weighted by molar-refractivity contribution is -0.150. The average Bonchev–Trinajstić information content (AvgIpc) is 3.02. The summed E-state index contributed by atoms with van der Waals surface area (Å²) in [5.74, 6) is 0.426. The van der Waals surface area contributed by atoms with Crippen LogP contribution in [0.15, 0.2) is 11.6 Å². The quantitative estimate of drug-likeness (QED) is 0.403. The van der Waals surface area contributed by atoms with Gasteiger partial charge in [-0.2, -0.15) is 5.26 Å². The van der Waals surface area contributed by atoms with Crippen molar-refractivity contribution in [3.63, 3.8) is 0 Å². The number of carbonyl (C=O) groups excluding carboxylic acids is 2. The van der Waals surface area contributed by atoms with Crippen molar-refractivity contribution in [1.82, 2.24) is 9.47 Å². The van der Waals surface area contributed by atoms with E-state index in [2.05, 4.69) is 11.5 Å². The number of likely N-dealkylation sites (tertiary alicyclic amines) is 1. The van der Waals surface area contributed by atoms with Gasteiger partial charge in [0, 0.05) is 31.0 Å². The van der Waals surface area contributed by atoms with Crippen LogP contribution in [-0.4, -0.2) is 41.0 Å². The summed E-state index contributed by atoms with van der Waals surface area (Å²) in [6.07, 6.45) is 8.62. The van der Waals surface area contributed by atoms with Crippen LogP contribution in [0.4, 0.5) is 0 Å². The van der Waals surface area contributed by atoms with E-state index in [1.54, 1.807) is 6.08 Å². The molecule has 1 aliphatic carbocycles.